The molecule has 1 aliphatic rings. The van der Waals surface area contributed by atoms with Crippen molar-refractivity contribution < 1.29 is 0 Å². The molecule has 0 unspecified atom stereocenters. The number of anilines is 1. The van der Waals surface area contributed by atoms with Gasteiger partial charge >= 0.3 is 0 Å². The summed E-state index contributed by atoms with van der Waals surface area (Å²) >= 11 is 0. The molecule has 0 bridgehead atoms. The SMILES string of the molecule is CN(CCc1cccnc1)c1ncnc2c1CNCC2. The minimum atomic E-state index is 0.864. The summed E-state index contributed by atoms with van der Waals surface area (Å²) in [6.07, 6.45) is 7.36. The highest BCUT2D eigenvalue weighted by molar-refractivity contribution is 5.48. The number of hydrogen-bond donors (Lipinski definition) is 1. The Bertz CT molecular complexity index is 570. The molecule has 0 atom stereocenters. The summed E-state index contributed by atoms with van der Waals surface area (Å²) < 4.78 is 0. The van der Waals surface area contributed by atoms with Crippen molar-refractivity contribution in [2.45, 2.75) is 19.4 Å². The van der Waals surface area contributed by atoms with Crippen LogP contribution in [0.15, 0.2) is 30.9 Å². The third-order valence-corrected chi connectivity index (χ3v) is 3.67. The van der Waals surface area contributed by atoms with Gasteiger partial charge in [0, 0.05) is 51.1 Å². The van der Waals surface area contributed by atoms with Gasteiger partial charge in [0.1, 0.15) is 12.1 Å². The fourth-order valence-corrected chi connectivity index (χ4v) is 2.53. The van der Waals surface area contributed by atoms with Crippen LogP contribution in [0.5, 0.6) is 0 Å². The van der Waals surface area contributed by atoms with Gasteiger partial charge in [0.05, 0.1) is 5.69 Å². The molecule has 0 saturated carbocycles. The van der Waals surface area contributed by atoms with Gasteiger partial charge in [0.15, 0.2) is 0 Å². The van der Waals surface area contributed by atoms with E-state index in [0.29, 0.717) is 0 Å². The number of nitrogens with one attached hydrogen (secondary N) is 1. The van der Waals surface area contributed by atoms with Crippen molar-refractivity contribution in [1.29, 1.82) is 0 Å². The second-order valence-corrected chi connectivity index (χ2v) is 5.08. The molecule has 5 heteroatoms. The van der Waals surface area contributed by atoms with Crippen molar-refractivity contribution in [3.8, 4) is 0 Å². The Hall–Kier alpha value is -2.01. The van der Waals surface area contributed by atoms with Crippen LogP contribution in [0.1, 0.15) is 16.8 Å². The Kier molecular flexibility index (Phi) is 3.87. The van der Waals surface area contributed by atoms with E-state index in [0.717, 1.165) is 38.3 Å². The number of fused-ring (bicyclic) bond motifs is 1. The van der Waals surface area contributed by atoms with Crippen LogP contribution in [0.4, 0.5) is 5.82 Å². The summed E-state index contributed by atoms with van der Waals surface area (Å²) in [6, 6.07) is 4.09. The van der Waals surface area contributed by atoms with Gasteiger partial charge in [0.25, 0.3) is 0 Å². The van der Waals surface area contributed by atoms with Gasteiger partial charge in [-0.2, -0.15) is 0 Å². The highest BCUT2D eigenvalue weighted by Gasteiger charge is 2.17. The summed E-state index contributed by atoms with van der Waals surface area (Å²) in [5.74, 6) is 1.05. The van der Waals surface area contributed by atoms with E-state index in [2.05, 4.69) is 38.3 Å². The highest BCUT2D eigenvalue weighted by atomic mass is 15.2. The van der Waals surface area contributed by atoms with E-state index in [4.69, 9.17) is 0 Å². The Morgan fingerprint density at radius 1 is 1.35 bits per heavy atom. The van der Waals surface area contributed by atoms with Crippen LogP contribution in [-0.2, 0) is 19.4 Å². The largest absolute Gasteiger partial charge is 0.359 e. The predicted molar refractivity (Wildman–Crippen MR) is 78.7 cm³/mol. The van der Waals surface area contributed by atoms with E-state index in [-0.39, 0.29) is 0 Å². The number of rotatable bonds is 4. The van der Waals surface area contributed by atoms with Crippen molar-refractivity contribution >= 4 is 5.82 Å². The molecule has 3 rings (SSSR count). The summed E-state index contributed by atoms with van der Waals surface area (Å²) in [5.41, 5.74) is 3.68. The summed E-state index contributed by atoms with van der Waals surface area (Å²) in [6.45, 7) is 2.79. The first kappa shape index (κ1) is 13.0. The maximum Gasteiger partial charge on any atom is 0.136 e. The lowest BCUT2D eigenvalue weighted by molar-refractivity contribution is 0.622. The molecule has 1 N–H and O–H groups in total. The molecule has 3 heterocycles. The summed E-state index contributed by atoms with van der Waals surface area (Å²) in [4.78, 5) is 15.2. The molecule has 20 heavy (non-hydrogen) atoms. The first-order chi connectivity index (χ1) is 9.84. The van der Waals surface area contributed by atoms with Crippen molar-refractivity contribution in [3.05, 3.63) is 47.7 Å². The molecule has 1 aliphatic heterocycles. The number of aromatic nitrogens is 3. The van der Waals surface area contributed by atoms with Gasteiger partial charge in [0.2, 0.25) is 0 Å². The average Bonchev–Trinajstić information content (AvgIpc) is 2.53. The summed E-state index contributed by atoms with van der Waals surface area (Å²) in [5, 5.41) is 3.39. The van der Waals surface area contributed by atoms with Gasteiger partial charge < -0.3 is 10.2 Å². The van der Waals surface area contributed by atoms with Crippen molar-refractivity contribution in [1.82, 2.24) is 20.3 Å². The molecule has 0 fully saturated rings. The predicted octanol–water partition coefficient (Wildman–Crippen LogP) is 1.20. The van der Waals surface area contributed by atoms with Crippen LogP contribution in [0.3, 0.4) is 0 Å². The van der Waals surface area contributed by atoms with Crippen LogP contribution in [0, 0.1) is 0 Å². The smallest absolute Gasteiger partial charge is 0.136 e. The Morgan fingerprint density at radius 2 is 2.30 bits per heavy atom. The number of likely N-dealkylation sites (N-methyl/N-ethyl adjacent to an activating group) is 1. The fourth-order valence-electron chi connectivity index (χ4n) is 2.53. The minimum absolute atomic E-state index is 0.864. The highest BCUT2D eigenvalue weighted by Crippen LogP contribution is 2.21. The second-order valence-electron chi connectivity index (χ2n) is 5.08. The van der Waals surface area contributed by atoms with E-state index in [9.17, 15) is 0 Å². The maximum atomic E-state index is 4.46. The third-order valence-electron chi connectivity index (χ3n) is 3.67. The lowest BCUT2D eigenvalue weighted by Gasteiger charge is -2.25. The average molecular weight is 269 g/mol. The molecule has 0 aliphatic carbocycles. The maximum absolute atomic E-state index is 4.46. The van der Waals surface area contributed by atoms with Gasteiger partial charge in [-0.15, -0.1) is 0 Å². The quantitative estimate of drug-likeness (QED) is 0.904. The van der Waals surface area contributed by atoms with Crippen LogP contribution < -0.4 is 10.2 Å². The van der Waals surface area contributed by atoms with E-state index < -0.39 is 0 Å². The Morgan fingerprint density at radius 3 is 3.15 bits per heavy atom. The van der Waals surface area contributed by atoms with Crippen molar-refractivity contribution in [2.75, 3.05) is 25.0 Å². The van der Waals surface area contributed by atoms with E-state index in [1.807, 2.05) is 12.3 Å². The number of pyridine rings is 1. The zero-order valence-corrected chi connectivity index (χ0v) is 11.7. The zero-order valence-electron chi connectivity index (χ0n) is 11.7. The van der Waals surface area contributed by atoms with Gasteiger partial charge in [-0.3, -0.25) is 4.98 Å². The lowest BCUT2D eigenvalue weighted by Crippen LogP contribution is -2.30. The Balaban J connectivity index is 1.72. The fraction of sp³-hybridized carbons (Fsp3) is 0.400. The van der Waals surface area contributed by atoms with Crippen molar-refractivity contribution in [2.24, 2.45) is 0 Å². The van der Waals surface area contributed by atoms with Crippen LogP contribution in [0.2, 0.25) is 0 Å². The third kappa shape index (κ3) is 2.77. The number of hydrogen-bond acceptors (Lipinski definition) is 5. The van der Waals surface area contributed by atoms with Gasteiger partial charge in [-0.25, -0.2) is 9.97 Å². The molecule has 0 aromatic carbocycles. The molecule has 0 radical (unpaired) electrons. The monoisotopic (exact) mass is 269 g/mol. The summed E-state index contributed by atoms with van der Waals surface area (Å²) in [7, 11) is 2.09. The normalized spacial score (nSPS) is 13.8. The molecule has 104 valence electrons. The van der Waals surface area contributed by atoms with Gasteiger partial charge in [-0.1, -0.05) is 6.07 Å². The topological polar surface area (TPSA) is 53.9 Å². The molecular weight excluding hydrogens is 250 g/mol. The molecule has 2 aromatic rings. The first-order valence-electron chi connectivity index (χ1n) is 6.98. The standard InChI is InChI=1S/C15H19N5/c1-20(8-5-12-3-2-6-16-9-12)15-13-10-17-7-4-14(13)18-11-19-15/h2-3,6,9,11,17H,4-5,7-8,10H2,1H3. The molecular formula is C15H19N5. The molecule has 0 amide bonds. The Labute approximate surface area is 119 Å². The van der Waals surface area contributed by atoms with E-state index in [1.54, 1.807) is 12.5 Å². The van der Waals surface area contributed by atoms with Crippen LogP contribution >= 0.6 is 0 Å². The van der Waals surface area contributed by atoms with E-state index >= 15 is 0 Å². The minimum Gasteiger partial charge on any atom is -0.359 e. The first-order valence-corrected chi connectivity index (χ1v) is 6.98. The molecule has 0 spiro atoms. The number of nitrogens with zero attached hydrogens (tertiary/aromatic N) is 4. The lowest BCUT2D eigenvalue weighted by atomic mass is 10.1. The van der Waals surface area contributed by atoms with Crippen LogP contribution in [0.25, 0.3) is 0 Å². The van der Waals surface area contributed by atoms with Crippen LogP contribution in [-0.4, -0.2) is 35.1 Å². The molecule has 5 nitrogen and oxygen atoms in total. The molecule has 0 saturated heterocycles. The molecule has 2 aromatic heterocycles. The van der Waals surface area contributed by atoms with Gasteiger partial charge in [-0.05, 0) is 18.1 Å². The second kappa shape index (κ2) is 5.96. The van der Waals surface area contributed by atoms with E-state index in [1.165, 1.54) is 16.8 Å². The zero-order chi connectivity index (χ0) is 13.8. The van der Waals surface area contributed by atoms with Crippen molar-refractivity contribution in [3.63, 3.8) is 0 Å².